The summed E-state index contributed by atoms with van der Waals surface area (Å²) in [7, 11) is 3.06. The zero-order valence-electron chi connectivity index (χ0n) is 15.9. The number of anilines is 1. The number of phenolic OH excluding ortho intramolecular Hbond substituents is 1. The zero-order valence-corrected chi connectivity index (χ0v) is 15.9. The van der Waals surface area contributed by atoms with Crippen molar-refractivity contribution in [3.05, 3.63) is 47.0 Å². The molecule has 0 bridgehead atoms. The van der Waals surface area contributed by atoms with E-state index >= 15 is 0 Å². The second-order valence-corrected chi connectivity index (χ2v) is 6.04. The number of aromatic hydroxyl groups is 1. The van der Waals surface area contributed by atoms with Crippen LogP contribution in [0.15, 0.2) is 30.3 Å². The number of rotatable bonds is 6. The molecule has 0 saturated carbocycles. The van der Waals surface area contributed by atoms with Crippen LogP contribution in [0, 0.1) is 0 Å². The molecule has 1 aliphatic rings. The molecule has 1 aliphatic heterocycles. The Hall–Kier alpha value is -3.15. The number of benzene rings is 2. The first kappa shape index (κ1) is 18.6. The van der Waals surface area contributed by atoms with Crippen LogP contribution in [-0.4, -0.2) is 38.4 Å². The first-order valence-electron chi connectivity index (χ1n) is 8.81. The highest BCUT2D eigenvalue weighted by Crippen LogP contribution is 2.41. The number of fused-ring (bicyclic) bond motifs is 1. The summed E-state index contributed by atoms with van der Waals surface area (Å²) in [6.45, 7) is 5.53. The topological polar surface area (TPSA) is 68.2 Å². The smallest absolute Gasteiger partial charge is 0.344 e. The number of carbonyl (C=O) groups excluding carboxylic acids is 1. The Labute approximate surface area is 158 Å². The maximum Gasteiger partial charge on any atom is 0.344 e. The summed E-state index contributed by atoms with van der Waals surface area (Å²) >= 11 is 0. The van der Waals surface area contributed by atoms with Crippen molar-refractivity contribution in [3.8, 4) is 17.2 Å². The molecule has 3 rings (SSSR count). The van der Waals surface area contributed by atoms with Crippen molar-refractivity contribution in [3.63, 3.8) is 0 Å². The van der Waals surface area contributed by atoms with Crippen LogP contribution in [0.2, 0.25) is 0 Å². The summed E-state index contributed by atoms with van der Waals surface area (Å²) in [6, 6.07) is 8.64. The van der Waals surface area contributed by atoms with E-state index in [1.807, 2.05) is 24.8 Å². The molecular weight excluding hydrogens is 346 g/mol. The fraction of sp³-hybridized carbons (Fsp3) is 0.286. The normalized spacial score (nSPS) is 14.1. The number of esters is 1. The van der Waals surface area contributed by atoms with Gasteiger partial charge in [0.15, 0.2) is 11.5 Å². The van der Waals surface area contributed by atoms with Crippen molar-refractivity contribution < 1.29 is 24.1 Å². The highest BCUT2D eigenvalue weighted by Gasteiger charge is 2.29. The number of nitrogens with zero attached hydrogens (tertiary/aromatic N) is 1. The number of methoxy groups -OCH3 is 2. The Morgan fingerprint density at radius 1 is 1.07 bits per heavy atom. The molecule has 0 amide bonds. The lowest BCUT2D eigenvalue weighted by Gasteiger charge is -2.24. The summed E-state index contributed by atoms with van der Waals surface area (Å²) in [6.07, 6.45) is 1.77. The summed E-state index contributed by atoms with van der Waals surface area (Å²) < 4.78 is 16.1. The van der Waals surface area contributed by atoms with Crippen molar-refractivity contribution in [2.45, 2.75) is 13.8 Å². The van der Waals surface area contributed by atoms with Crippen molar-refractivity contribution in [2.75, 3.05) is 32.2 Å². The molecule has 142 valence electrons. The Morgan fingerprint density at radius 3 is 2.30 bits per heavy atom. The van der Waals surface area contributed by atoms with Crippen LogP contribution in [0.25, 0.3) is 11.8 Å². The Kier molecular flexibility index (Phi) is 5.26. The number of hydrogen-bond acceptors (Lipinski definition) is 6. The van der Waals surface area contributed by atoms with E-state index in [1.165, 1.54) is 7.11 Å². The average Bonchev–Trinajstić information content (AvgIpc) is 2.98. The van der Waals surface area contributed by atoms with E-state index in [9.17, 15) is 9.90 Å². The summed E-state index contributed by atoms with van der Waals surface area (Å²) in [4.78, 5) is 14.4. The summed E-state index contributed by atoms with van der Waals surface area (Å²) in [5.41, 5.74) is 2.53. The molecule has 6 nitrogen and oxygen atoms in total. The standard InChI is InChI=1S/C21H23NO5/c1-5-22(6-2)20-13(8-7-9-16(20)23)10-17-14-11-18(25-3)19(26-4)12-15(14)21(24)27-17/h7-12,23H,5-6H2,1-4H3/b17-10+. The SMILES string of the molecule is CCN(CC)c1c(O)cccc1/C=C1/OC(=O)c2cc(OC)c(OC)cc21. The van der Waals surface area contributed by atoms with E-state index in [2.05, 4.69) is 0 Å². The van der Waals surface area contributed by atoms with E-state index in [4.69, 9.17) is 14.2 Å². The van der Waals surface area contributed by atoms with Crippen molar-refractivity contribution in [2.24, 2.45) is 0 Å². The molecule has 2 aromatic rings. The molecule has 27 heavy (non-hydrogen) atoms. The number of hydrogen-bond donors (Lipinski definition) is 1. The minimum atomic E-state index is -0.443. The van der Waals surface area contributed by atoms with Crippen molar-refractivity contribution in [1.82, 2.24) is 0 Å². The lowest BCUT2D eigenvalue weighted by Crippen LogP contribution is -2.22. The first-order valence-corrected chi connectivity index (χ1v) is 8.81. The lowest BCUT2D eigenvalue weighted by molar-refractivity contribution is 0.0717. The quantitative estimate of drug-likeness (QED) is 0.779. The van der Waals surface area contributed by atoms with Crippen LogP contribution in [0.4, 0.5) is 5.69 Å². The van der Waals surface area contributed by atoms with E-state index in [0.717, 1.165) is 18.7 Å². The fourth-order valence-corrected chi connectivity index (χ4v) is 3.26. The molecule has 2 aromatic carbocycles. The second kappa shape index (κ2) is 7.61. The number of cyclic esters (lactones) is 1. The fourth-order valence-electron chi connectivity index (χ4n) is 3.26. The predicted molar refractivity (Wildman–Crippen MR) is 105 cm³/mol. The van der Waals surface area contributed by atoms with Gasteiger partial charge in [-0.25, -0.2) is 4.79 Å². The minimum Gasteiger partial charge on any atom is -0.506 e. The van der Waals surface area contributed by atoms with Gasteiger partial charge in [-0.2, -0.15) is 0 Å². The van der Waals surface area contributed by atoms with Crippen LogP contribution < -0.4 is 14.4 Å². The summed E-state index contributed by atoms with van der Waals surface area (Å²) in [5.74, 6) is 1.14. The average molecular weight is 369 g/mol. The van der Waals surface area contributed by atoms with Gasteiger partial charge in [-0.1, -0.05) is 12.1 Å². The lowest BCUT2D eigenvalue weighted by atomic mass is 10.0. The van der Waals surface area contributed by atoms with Crippen molar-refractivity contribution in [1.29, 1.82) is 0 Å². The van der Waals surface area contributed by atoms with E-state index in [1.54, 1.807) is 37.5 Å². The van der Waals surface area contributed by atoms with Crippen LogP contribution >= 0.6 is 0 Å². The molecule has 0 unspecified atom stereocenters. The van der Waals surface area contributed by atoms with Gasteiger partial charge < -0.3 is 24.2 Å². The van der Waals surface area contributed by atoms with E-state index < -0.39 is 5.97 Å². The second-order valence-electron chi connectivity index (χ2n) is 6.04. The number of ether oxygens (including phenoxy) is 3. The molecule has 0 radical (unpaired) electrons. The molecule has 0 saturated heterocycles. The molecule has 0 atom stereocenters. The number of carbonyl (C=O) groups is 1. The third-order valence-corrected chi connectivity index (χ3v) is 4.62. The van der Waals surface area contributed by atoms with Gasteiger partial charge in [0.25, 0.3) is 0 Å². The Bertz CT molecular complexity index is 900. The van der Waals surface area contributed by atoms with Gasteiger partial charge in [-0.3, -0.25) is 0 Å². The molecule has 1 N–H and O–H groups in total. The van der Waals surface area contributed by atoms with Gasteiger partial charge in [0, 0.05) is 24.2 Å². The maximum absolute atomic E-state index is 12.3. The molecule has 0 fully saturated rings. The molecule has 1 heterocycles. The first-order chi connectivity index (χ1) is 13.0. The van der Waals surface area contributed by atoms with Gasteiger partial charge in [0.05, 0.1) is 25.5 Å². The monoisotopic (exact) mass is 369 g/mol. The summed E-state index contributed by atoms with van der Waals surface area (Å²) in [5, 5.41) is 10.4. The molecule has 0 aliphatic carbocycles. The van der Waals surface area contributed by atoms with Crippen molar-refractivity contribution >= 4 is 23.5 Å². The van der Waals surface area contributed by atoms with Crippen LogP contribution in [-0.2, 0) is 4.74 Å². The highest BCUT2D eigenvalue weighted by molar-refractivity contribution is 6.07. The highest BCUT2D eigenvalue weighted by atomic mass is 16.5. The molecule has 0 aromatic heterocycles. The zero-order chi connectivity index (χ0) is 19.6. The third kappa shape index (κ3) is 3.30. The van der Waals surface area contributed by atoms with Gasteiger partial charge in [-0.15, -0.1) is 0 Å². The molecule has 6 heteroatoms. The van der Waals surface area contributed by atoms with Gasteiger partial charge in [0.1, 0.15) is 11.5 Å². The van der Waals surface area contributed by atoms with Crippen LogP contribution in [0.5, 0.6) is 17.2 Å². The Morgan fingerprint density at radius 2 is 1.70 bits per heavy atom. The van der Waals surface area contributed by atoms with Gasteiger partial charge in [-0.05, 0) is 38.1 Å². The van der Waals surface area contributed by atoms with Gasteiger partial charge >= 0.3 is 5.97 Å². The van der Waals surface area contributed by atoms with E-state index in [0.29, 0.717) is 34.1 Å². The predicted octanol–water partition coefficient (Wildman–Crippen LogP) is 3.92. The largest absolute Gasteiger partial charge is 0.506 e. The molecular formula is C21H23NO5. The number of phenols is 1. The minimum absolute atomic E-state index is 0.185. The third-order valence-electron chi connectivity index (χ3n) is 4.62. The number of para-hydroxylation sites is 1. The Balaban J connectivity index is 2.14. The maximum atomic E-state index is 12.3. The molecule has 0 spiro atoms. The van der Waals surface area contributed by atoms with Crippen LogP contribution in [0.1, 0.15) is 35.3 Å². The van der Waals surface area contributed by atoms with E-state index in [-0.39, 0.29) is 5.75 Å². The van der Waals surface area contributed by atoms with Crippen LogP contribution in [0.3, 0.4) is 0 Å². The van der Waals surface area contributed by atoms with Gasteiger partial charge in [0.2, 0.25) is 0 Å².